The summed E-state index contributed by atoms with van der Waals surface area (Å²) in [6.07, 6.45) is 0. The average molecular weight is 319 g/mol. The average Bonchev–Trinajstić information content (AvgIpc) is 2.70. The first-order valence-corrected chi connectivity index (χ1v) is 7.21. The number of hydrogen-bond acceptors (Lipinski definition) is 3. The Hall–Kier alpha value is -1.39. The lowest BCUT2D eigenvalue weighted by Crippen LogP contribution is -1.88. The molecule has 0 fully saturated rings. The molecule has 0 aliphatic rings. The Bertz CT molecular complexity index is 706. The van der Waals surface area contributed by atoms with Crippen molar-refractivity contribution in [3.63, 3.8) is 0 Å². The Balaban J connectivity index is 1.95. The molecular formula is C14H11BrN2S. The molecule has 2 aromatic carbocycles. The lowest BCUT2D eigenvalue weighted by molar-refractivity contribution is 1.41. The second kappa shape index (κ2) is 4.71. The van der Waals surface area contributed by atoms with Crippen LogP contribution in [0.1, 0.15) is 5.56 Å². The van der Waals surface area contributed by atoms with Gasteiger partial charge in [0.05, 0.1) is 10.2 Å². The molecule has 1 heterocycles. The van der Waals surface area contributed by atoms with Gasteiger partial charge in [-0.3, -0.25) is 0 Å². The third-order valence-corrected chi connectivity index (χ3v) is 4.06. The number of anilines is 2. The van der Waals surface area contributed by atoms with Crippen LogP contribution >= 0.6 is 27.3 Å². The van der Waals surface area contributed by atoms with Crippen molar-refractivity contribution in [2.75, 3.05) is 5.32 Å². The third-order valence-electron chi connectivity index (χ3n) is 2.62. The number of benzene rings is 2. The second-order valence-corrected chi connectivity index (χ2v) is 6.07. The number of halogens is 1. The van der Waals surface area contributed by atoms with E-state index in [2.05, 4.69) is 57.4 Å². The van der Waals surface area contributed by atoms with E-state index in [1.165, 1.54) is 10.3 Å². The summed E-state index contributed by atoms with van der Waals surface area (Å²) in [6.45, 7) is 2.08. The second-order valence-electron chi connectivity index (χ2n) is 4.13. The van der Waals surface area contributed by atoms with Crippen LogP contribution in [0.5, 0.6) is 0 Å². The summed E-state index contributed by atoms with van der Waals surface area (Å²) >= 11 is 5.13. The lowest BCUT2D eigenvalue weighted by Gasteiger charge is -2.02. The fourth-order valence-electron chi connectivity index (χ4n) is 1.80. The van der Waals surface area contributed by atoms with Crippen LogP contribution in [0, 0.1) is 6.92 Å². The van der Waals surface area contributed by atoms with Gasteiger partial charge in [0.15, 0.2) is 5.13 Å². The predicted molar refractivity (Wildman–Crippen MR) is 81.8 cm³/mol. The molecule has 0 aliphatic carbocycles. The van der Waals surface area contributed by atoms with E-state index < -0.39 is 0 Å². The van der Waals surface area contributed by atoms with Crippen LogP contribution in [0.2, 0.25) is 0 Å². The van der Waals surface area contributed by atoms with Crippen LogP contribution in [0.15, 0.2) is 46.9 Å². The minimum atomic E-state index is 0.925. The van der Waals surface area contributed by atoms with E-state index in [0.717, 1.165) is 20.8 Å². The van der Waals surface area contributed by atoms with E-state index in [1.807, 2.05) is 18.2 Å². The predicted octanol–water partition coefficient (Wildman–Crippen LogP) is 5.11. The van der Waals surface area contributed by atoms with Crippen molar-refractivity contribution in [2.24, 2.45) is 0 Å². The maximum Gasteiger partial charge on any atom is 0.188 e. The van der Waals surface area contributed by atoms with Gasteiger partial charge in [0.25, 0.3) is 0 Å². The summed E-state index contributed by atoms with van der Waals surface area (Å²) in [7, 11) is 0. The molecule has 0 saturated carbocycles. The Morgan fingerprint density at radius 3 is 2.89 bits per heavy atom. The van der Waals surface area contributed by atoms with Crippen molar-refractivity contribution in [1.29, 1.82) is 0 Å². The van der Waals surface area contributed by atoms with Crippen LogP contribution < -0.4 is 5.32 Å². The van der Waals surface area contributed by atoms with Gasteiger partial charge in [-0.05, 0) is 42.8 Å². The largest absolute Gasteiger partial charge is 0.332 e. The Kier molecular flexibility index (Phi) is 3.06. The number of thiazole rings is 1. The highest BCUT2D eigenvalue weighted by Crippen LogP contribution is 2.30. The van der Waals surface area contributed by atoms with E-state index >= 15 is 0 Å². The van der Waals surface area contributed by atoms with Gasteiger partial charge < -0.3 is 5.32 Å². The molecule has 4 heteroatoms. The Morgan fingerprint density at radius 2 is 2.06 bits per heavy atom. The standard InChI is InChI=1S/C14H11BrN2S/c1-9-3-2-4-11(7-9)16-14-17-12-8-10(15)5-6-13(12)18-14/h2-8H,1H3,(H,16,17). The molecule has 90 valence electrons. The third kappa shape index (κ3) is 2.40. The molecule has 3 aromatic rings. The fraction of sp³-hybridized carbons (Fsp3) is 0.0714. The zero-order valence-electron chi connectivity index (χ0n) is 9.77. The summed E-state index contributed by atoms with van der Waals surface area (Å²) < 4.78 is 2.25. The van der Waals surface area contributed by atoms with E-state index in [-0.39, 0.29) is 0 Å². The molecule has 0 radical (unpaired) electrons. The lowest BCUT2D eigenvalue weighted by atomic mass is 10.2. The molecular weight excluding hydrogens is 308 g/mol. The van der Waals surface area contributed by atoms with Crippen LogP contribution in [-0.2, 0) is 0 Å². The molecule has 1 N–H and O–H groups in total. The Labute approximate surface area is 118 Å². The van der Waals surface area contributed by atoms with Crippen molar-refractivity contribution in [3.05, 3.63) is 52.5 Å². The quantitative estimate of drug-likeness (QED) is 0.710. The van der Waals surface area contributed by atoms with Crippen LogP contribution in [0.3, 0.4) is 0 Å². The highest BCUT2D eigenvalue weighted by molar-refractivity contribution is 9.10. The number of nitrogens with zero attached hydrogens (tertiary/aromatic N) is 1. The van der Waals surface area contributed by atoms with Gasteiger partial charge in [-0.25, -0.2) is 4.98 Å². The molecule has 1 aromatic heterocycles. The van der Waals surface area contributed by atoms with Gasteiger partial charge in [0.2, 0.25) is 0 Å². The first kappa shape index (κ1) is 11.7. The number of nitrogens with one attached hydrogen (secondary N) is 1. The van der Waals surface area contributed by atoms with Crippen molar-refractivity contribution in [2.45, 2.75) is 6.92 Å². The van der Waals surface area contributed by atoms with Gasteiger partial charge in [0, 0.05) is 10.2 Å². The minimum Gasteiger partial charge on any atom is -0.332 e. The van der Waals surface area contributed by atoms with Crippen molar-refractivity contribution >= 4 is 48.3 Å². The number of rotatable bonds is 2. The summed E-state index contributed by atoms with van der Waals surface area (Å²) in [4.78, 5) is 4.58. The molecule has 0 spiro atoms. The minimum absolute atomic E-state index is 0.925. The molecule has 3 rings (SSSR count). The smallest absolute Gasteiger partial charge is 0.188 e. The van der Waals surface area contributed by atoms with Gasteiger partial charge in [0.1, 0.15) is 0 Å². The zero-order chi connectivity index (χ0) is 12.5. The molecule has 0 bridgehead atoms. The number of fused-ring (bicyclic) bond motifs is 1. The Morgan fingerprint density at radius 1 is 1.17 bits per heavy atom. The summed E-state index contributed by atoms with van der Waals surface area (Å²) in [5.74, 6) is 0. The molecule has 2 nitrogen and oxygen atoms in total. The molecule has 0 unspecified atom stereocenters. The molecule has 18 heavy (non-hydrogen) atoms. The topological polar surface area (TPSA) is 24.9 Å². The monoisotopic (exact) mass is 318 g/mol. The highest BCUT2D eigenvalue weighted by atomic mass is 79.9. The maximum atomic E-state index is 4.58. The number of aromatic nitrogens is 1. The summed E-state index contributed by atoms with van der Waals surface area (Å²) in [6, 6.07) is 14.4. The normalized spacial score (nSPS) is 10.8. The van der Waals surface area contributed by atoms with Crippen molar-refractivity contribution < 1.29 is 0 Å². The van der Waals surface area contributed by atoms with Gasteiger partial charge in [-0.15, -0.1) is 0 Å². The summed E-state index contributed by atoms with van der Waals surface area (Å²) in [5, 5.41) is 4.27. The number of aryl methyl sites for hydroxylation is 1. The van der Waals surface area contributed by atoms with Crippen LogP contribution in [-0.4, -0.2) is 4.98 Å². The zero-order valence-corrected chi connectivity index (χ0v) is 12.2. The van der Waals surface area contributed by atoms with Gasteiger partial charge in [-0.1, -0.05) is 39.4 Å². The van der Waals surface area contributed by atoms with E-state index in [1.54, 1.807) is 11.3 Å². The SMILES string of the molecule is Cc1cccc(Nc2nc3cc(Br)ccc3s2)c1. The first-order valence-electron chi connectivity index (χ1n) is 5.60. The van der Waals surface area contributed by atoms with Crippen molar-refractivity contribution in [3.8, 4) is 0 Å². The highest BCUT2D eigenvalue weighted by Gasteiger charge is 2.04. The van der Waals surface area contributed by atoms with Gasteiger partial charge in [-0.2, -0.15) is 0 Å². The van der Waals surface area contributed by atoms with E-state index in [4.69, 9.17) is 0 Å². The maximum absolute atomic E-state index is 4.58. The van der Waals surface area contributed by atoms with Crippen LogP contribution in [0.25, 0.3) is 10.2 Å². The van der Waals surface area contributed by atoms with Crippen LogP contribution in [0.4, 0.5) is 10.8 Å². The first-order chi connectivity index (χ1) is 8.70. The van der Waals surface area contributed by atoms with Crippen molar-refractivity contribution in [1.82, 2.24) is 4.98 Å². The number of hydrogen-bond donors (Lipinski definition) is 1. The fourth-order valence-corrected chi connectivity index (χ4v) is 3.02. The van der Waals surface area contributed by atoms with E-state index in [9.17, 15) is 0 Å². The molecule has 0 amide bonds. The molecule has 0 atom stereocenters. The van der Waals surface area contributed by atoms with Gasteiger partial charge >= 0.3 is 0 Å². The molecule has 0 aliphatic heterocycles. The summed E-state index contributed by atoms with van der Waals surface area (Å²) in [5.41, 5.74) is 3.33. The molecule has 0 saturated heterocycles. The van der Waals surface area contributed by atoms with E-state index in [0.29, 0.717) is 0 Å².